The van der Waals surface area contributed by atoms with Gasteiger partial charge in [0.1, 0.15) is 13.2 Å². The molecule has 2 aromatic carbocycles. The van der Waals surface area contributed by atoms with E-state index < -0.39 is 0 Å². The van der Waals surface area contributed by atoms with Crippen LogP contribution in [0.3, 0.4) is 0 Å². The van der Waals surface area contributed by atoms with Crippen molar-refractivity contribution in [2.75, 3.05) is 40.5 Å². The molecule has 0 heterocycles. The van der Waals surface area contributed by atoms with E-state index in [1.807, 2.05) is 0 Å². The smallest absolute Gasteiger partial charge is 0.163 e. The summed E-state index contributed by atoms with van der Waals surface area (Å²) in [5, 5.41) is 0. The van der Waals surface area contributed by atoms with Gasteiger partial charge in [-0.3, -0.25) is 9.59 Å². The van der Waals surface area contributed by atoms with Gasteiger partial charge in [-0.05, 0) is 47.5 Å². The van der Waals surface area contributed by atoms with Crippen LogP contribution in [0.25, 0.3) is 12.2 Å². The number of carbonyl (C=O) groups excluding carboxylic acids is 2. The predicted molar refractivity (Wildman–Crippen MR) is 128 cm³/mol. The summed E-state index contributed by atoms with van der Waals surface area (Å²) in [4.78, 5) is 24.4. The molecule has 0 aliphatic carbocycles. The molecule has 0 spiro atoms. The fraction of sp³-hybridized carbons (Fsp3) is 0.280. The second-order valence-corrected chi connectivity index (χ2v) is 6.87. The lowest BCUT2D eigenvalue weighted by molar-refractivity contribution is -0.121. The van der Waals surface area contributed by atoms with Crippen molar-refractivity contribution in [3.63, 3.8) is 0 Å². The highest BCUT2D eigenvalue weighted by Crippen LogP contribution is 2.29. The number of hydrogen-bond acceptors (Lipinski definition) is 8. The second-order valence-electron chi connectivity index (χ2n) is 6.87. The maximum atomic E-state index is 12.2. The van der Waals surface area contributed by atoms with E-state index in [2.05, 4.69) is 0 Å². The van der Waals surface area contributed by atoms with Crippen molar-refractivity contribution in [2.24, 2.45) is 11.5 Å². The van der Waals surface area contributed by atoms with Crippen LogP contribution < -0.4 is 30.4 Å². The number of nitrogens with two attached hydrogens (primary N) is 2. The molecule has 0 unspecified atom stereocenters. The zero-order chi connectivity index (χ0) is 24.1. The SMILES string of the molecule is COc1cc(/C=C/C(=O)CC(=O)/C=C/c2ccc(OCCN)c(OC)c2)ccc1OCCN. The number of carbonyl (C=O) groups is 2. The van der Waals surface area contributed by atoms with E-state index in [0.717, 1.165) is 11.1 Å². The molecule has 2 rings (SSSR count). The van der Waals surface area contributed by atoms with Gasteiger partial charge >= 0.3 is 0 Å². The highest BCUT2D eigenvalue weighted by Gasteiger charge is 2.08. The van der Waals surface area contributed by atoms with Crippen LogP contribution in [0.5, 0.6) is 23.0 Å². The molecule has 0 aliphatic heterocycles. The fourth-order valence-corrected chi connectivity index (χ4v) is 2.82. The first-order chi connectivity index (χ1) is 16.0. The Morgan fingerprint density at radius 3 is 1.52 bits per heavy atom. The summed E-state index contributed by atoms with van der Waals surface area (Å²) in [5.41, 5.74) is 12.4. The van der Waals surface area contributed by atoms with Gasteiger partial charge in [-0.25, -0.2) is 0 Å². The molecule has 0 saturated heterocycles. The quantitative estimate of drug-likeness (QED) is 0.330. The Morgan fingerprint density at radius 1 is 0.727 bits per heavy atom. The Hall–Kier alpha value is -3.62. The summed E-state index contributed by atoms with van der Waals surface area (Å²) >= 11 is 0. The van der Waals surface area contributed by atoms with Crippen molar-refractivity contribution in [3.05, 3.63) is 59.7 Å². The summed E-state index contributed by atoms with van der Waals surface area (Å²) in [6.07, 6.45) is 5.75. The van der Waals surface area contributed by atoms with Crippen LogP contribution in [0.4, 0.5) is 0 Å². The minimum Gasteiger partial charge on any atom is -0.493 e. The first kappa shape index (κ1) is 25.6. The summed E-state index contributed by atoms with van der Waals surface area (Å²) < 4.78 is 21.6. The van der Waals surface area contributed by atoms with Crippen molar-refractivity contribution in [1.82, 2.24) is 0 Å². The third-order valence-corrected chi connectivity index (χ3v) is 4.40. The molecular weight excluding hydrogens is 424 g/mol. The normalized spacial score (nSPS) is 11.0. The van der Waals surface area contributed by atoms with Crippen LogP contribution in [0, 0.1) is 0 Å². The molecule has 0 atom stereocenters. The Labute approximate surface area is 193 Å². The lowest BCUT2D eigenvalue weighted by Crippen LogP contribution is -2.11. The second kappa shape index (κ2) is 13.7. The standard InChI is InChI=1S/C25H30N2O6/c1-30-24-15-18(5-9-22(24)32-13-11-26)3-7-20(28)17-21(29)8-4-19-6-10-23(33-14-12-27)25(16-19)31-2/h3-10,15-16H,11-14,17,26-27H2,1-2H3/b7-3+,8-4+. The van der Waals surface area contributed by atoms with E-state index in [4.69, 9.17) is 30.4 Å². The fourth-order valence-electron chi connectivity index (χ4n) is 2.82. The Kier molecular flexibility index (Phi) is 10.7. The molecule has 0 bridgehead atoms. The average Bonchev–Trinajstić information content (AvgIpc) is 2.83. The third kappa shape index (κ3) is 8.44. The first-order valence-electron chi connectivity index (χ1n) is 10.4. The van der Waals surface area contributed by atoms with E-state index in [9.17, 15) is 9.59 Å². The maximum Gasteiger partial charge on any atom is 0.163 e. The number of ketones is 2. The predicted octanol–water partition coefficient (Wildman–Crippen LogP) is 2.63. The van der Waals surface area contributed by atoms with Crippen LogP contribution in [0.1, 0.15) is 17.5 Å². The number of rotatable bonds is 14. The van der Waals surface area contributed by atoms with E-state index in [-0.39, 0.29) is 18.0 Å². The van der Waals surface area contributed by atoms with Crippen molar-refractivity contribution in [2.45, 2.75) is 6.42 Å². The van der Waals surface area contributed by atoms with Gasteiger partial charge in [0.15, 0.2) is 34.6 Å². The monoisotopic (exact) mass is 454 g/mol. The van der Waals surface area contributed by atoms with E-state index in [1.54, 1.807) is 48.6 Å². The minimum atomic E-state index is -0.310. The largest absolute Gasteiger partial charge is 0.493 e. The molecular formula is C25H30N2O6. The zero-order valence-corrected chi connectivity index (χ0v) is 18.9. The maximum absolute atomic E-state index is 12.2. The number of hydrogen-bond donors (Lipinski definition) is 2. The molecule has 0 fully saturated rings. The molecule has 0 saturated carbocycles. The van der Waals surface area contributed by atoms with Crippen LogP contribution in [0.2, 0.25) is 0 Å². The Balaban J connectivity index is 1.95. The Bertz CT molecular complexity index is 921. The van der Waals surface area contributed by atoms with E-state index in [0.29, 0.717) is 49.3 Å². The van der Waals surface area contributed by atoms with Gasteiger partial charge in [0, 0.05) is 13.1 Å². The molecule has 2 aromatic rings. The number of benzene rings is 2. The zero-order valence-electron chi connectivity index (χ0n) is 18.9. The molecule has 4 N–H and O–H groups in total. The van der Waals surface area contributed by atoms with Gasteiger partial charge < -0.3 is 30.4 Å². The average molecular weight is 455 g/mol. The highest BCUT2D eigenvalue weighted by atomic mass is 16.5. The lowest BCUT2D eigenvalue weighted by Gasteiger charge is -2.10. The molecule has 8 nitrogen and oxygen atoms in total. The van der Waals surface area contributed by atoms with Crippen LogP contribution in [-0.4, -0.2) is 52.1 Å². The van der Waals surface area contributed by atoms with Crippen LogP contribution in [-0.2, 0) is 9.59 Å². The van der Waals surface area contributed by atoms with Crippen LogP contribution >= 0.6 is 0 Å². The molecule has 8 heteroatoms. The summed E-state index contributed by atoms with van der Waals surface area (Å²) in [6.45, 7) is 1.53. The van der Waals surface area contributed by atoms with Crippen molar-refractivity contribution < 1.29 is 28.5 Å². The van der Waals surface area contributed by atoms with Crippen LogP contribution in [0.15, 0.2) is 48.6 Å². The molecule has 0 radical (unpaired) electrons. The minimum absolute atomic E-state index is 0.239. The summed E-state index contributed by atoms with van der Waals surface area (Å²) in [5.74, 6) is 1.59. The number of allylic oxidation sites excluding steroid dienone is 2. The molecule has 0 aromatic heterocycles. The Morgan fingerprint density at radius 2 is 1.15 bits per heavy atom. The number of methoxy groups -OCH3 is 2. The van der Waals surface area contributed by atoms with Gasteiger partial charge in [-0.1, -0.05) is 24.3 Å². The highest BCUT2D eigenvalue weighted by molar-refractivity contribution is 6.10. The molecule has 0 amide bonds. The summed E-state index contributed by atoms with van der Waals surface area (Å²) in [6, 6.07) is 10.5. The van der Waals surface area contributed by atoms with E-state index >= 15 is 0 Å². The first-order valence-corrected chi connectivity index (χ1v) is 10.4. The van der Waals surface area contributed by atoms with Crippen molar-refractivity contribution >= 4 is 23.7 Å². The number of ether oxygens (including phenoxy) is 4. The molecule has 33 heavy (non-hydrogen) atoms. The van der Waals surface area contributed by atoms with Crippen molar-refractivity contribution in [3.8, 4) is 23.0 Å². The lowest BCUT2D eigenvalue weighted by atomic mass is 10.1. The van der Waals surface area contributed by atoms with Crippen molar-refractivity contribution in [1.29, 1.82) is 0 Å². The topological polar surface area (TPSA) is 123 Å². The molecule has 176 valence electrons. The third-order valence-electron chi connectivity index (χ3n) is 4.40. The van der Waals surface area contributed by atoms with Gasteiger partial charge in [-0.2, -0.15) is 0 Å². The van der Waals surface area contributed by atoms with Gasteiger partial charge in [0.2, 0.25) is 0 Å². The van der Waals surface area contributed by atoms with Gasteiger partial charge in [-0.15, -0.1) is 0 Å². The van der Waals surface area contributed by atoms with Gasteiger partial charge in [0.25, 0.3) is 0 Å². The summed E-state index contributed by atoms with van der Waals surface area (Å²) in [7, 11) is 3.06. The van der Waals surface area contributed by atoms with Gasteiger partial charge in [0.05, 0.1) is 20.6 Å². The van der Waals surface area contributed by atoms with E-state index in [1.165, 1.54) is 26.4 Å². The molecule has 0 aliphatic rings.